The fourth-order valence-electron chi connectivity index (χ4n) is 1.25. The van der Waals surface area contributed by atoms with Crippen LogP contribution in [0.15, 0.2) is 24.3 Å². The normalized spacial score (nSPS) is 9.75. The summed E-state index contributed by atoms with van der Waals surface area (Å²) in [6, 6.07) is 8.05. The molecule has 0 bridgehead atoms. The summed E-state index contributed by atoms with van der Waals surface area (Å²) in [5.74, 6) is 0. The van der Waals surface area contributed by atoms with Gasteiger partial charge in [0, 0.05) is 5.56 Å². The molecule has 0 aliphatic heterocycles. The summed E-state index contributed by atoms with van der Waals surface area (Å²) in [5.41, 5.74) is 7.86. The van der Waals surface area contributed by atoms with E-state index in [1.165, 1.54) is 5.56 Å². The van der Waals surface area contributed by atoms with Crippen molar-refractivity contribution in [3.8, 4) is 0 Å². The number of aryl methyl sites for hydroxylation is 1. The minimum absolute atomic E-state index is 0.499. The fourth-order valence-corrected chi connectivity index (χ4v) is 1.45. The Morgan fingerprint density at radius 2 is 2.08 bits per heavy atom. The van der Waals surface area contributed by atoms with Gasteiger partial charge in [-0.25, -0.2) is 0 Å². The Bertz CT molecular complexity index is 281. The molecule has 0 heterocycles. The quantitative estimate of drug-likeness (QED) is 0.720. The average molecular weight is 179 g/mol. The summed E-state index contributed by atoms with van der Waals surface area (Å²) in [6.45, 7) is 2.15. The number of hydrogen-bond donors (Lipinski definition) is 1. The molecule has 64 valence electrons. The highest BCUT2D eigenvalue weighted by Crippen LogP contribution is 2.10. The van der Waals surface area contributed by atoms with Crippen molar-refractivity contribution in [2.45, 2.75) is 19.8 Å². The molecular formula is C10H13NS. The van der Waals surface area contributed by atoms with Crippen LogP contribution in [0.25, 0.3) is 0 Å². The Morgan fingerprint density at radius 3 is 2.67 bits per heavy atom. The molecular weight excluding hydrogens is 166 g/mol. The second-order valence-corrected chi connectivity index (χ2v) is 3.21. The van der Waals surface area contributed by atoms with Crippen LogP contribution in [0.4, 0.5) is 0 Å². The molecule has 0 fully saturated rings. The minimum atomic E-state index is 0.499. The maximum Gasteiger partial charge on any atom is 0.104 e. The summed E-state index contributed by atoms with van der Waals surface area (Å²) in [7, 11) is 0. The van der Waals surface area contributed by atoms with Gasteiger partial charge in [-0.05, 0) is 12.0 Å². The van der Waals surface area contributed by atoms with Crippen molar-refractivity contribution in [1.82, 2.24) is 0 Å². The first-order chi connectivity index (χ1) is 5.75. The van der Waals surface area contributed by atoms with E-state index in [4.69, 9.17) is 18.0 Å². The fraction of sp³-hybridized carbons (Fsp3) is 0.300. The molecule has 0 saturated carbocycles. The van der Waals surface area contributed by atoms with Crippen LogP contribution in [-0.4, -0.2) is 4.99 Å². The monoisotopic (exact) mass is 179 g/mol. The first-order valence-corrected chi connectivity index (χ1v) is 4.54. The molecule has 0 aliphatic rings. The lowest BCUT2D eigenvalue weighted by molar-refractivity contribution is 0.920. The molecule has 0 saturated heterocycles. The predicted octanol–water partition coefficient (Wildman–Crippen LogP) is 2.27. The van der Waals surface area contributed by atoms with E-state index >= 15 is 0 Å². The third-order valence-corrected chi connectivity index (χ3v) is 2.02. The maximum atomic E-state index is 5.58. The summed E-state index contributed by atoms with van der Waals surface area (Å²) >= 11 is 4.94. The smallest absolute Gasteiger partial charge is 0.104 e. The number of nitrogens with two attached hydrogens (primary N) is 1. The molecule has 1 nitrogen and oxygen atoms in total. The van der Waals surface area contributed by atoms with Gasteiger partial charge >= 0.3 is 0 Å². The predicted molar refractivity (Wildman–Crippen MR) is 56.3 cm³/mol. The van der Waals surface area contributed by atoms with Crippen molar-refractivity contribution in [3.05, 3.63) is 35.4 Å². The standard InChI is InChI=1S/C10H13NS/c1-2-5-8-6-3-4-7-9(8)10(11)12/h3-4,6-7H,2,5H2,1H3,(H2,11,12). The molecule has 0 radical (unpaired) electrons. The van der Waals surface area contributed by atoms with Crippen molar-refractivity contribution in [2.75, 3.05) is 0 Å². The molecule has 2 heteroatoms. The Balaban J connectivity index is 3.00. The molecule has 1 rings (SSSR count). The van der Waals surface area contributed by atoms with Gasteiger partial charge in [0.15, 0.2) is 0 Å². The van der Waals surface area contributed by atoms with Crippen molar-refractivity contribution in [1.29, 1.82) is 0 Å². The van der Waals surface area contributed by atoms with E-state index < -0.39 is 0 Å². The Kier molecular flexibility index (Phi) is 3.23. The van der Waals surface area contributed by atoms with Crippen molar-refractivity contribution in [3.63, 3.8) is 0 Å². The maximum absolute atomic E-state index is 5.58. The van der Waals surface area contributed by atoms with Gasteiger partial charge in [-0.3, -0.25) is 0 Å². The molecule has 0 atom stereocenters. The van der Waals surface area contributed by atoms with Crippen molar-refractivity contribution < 1.29 is 0 Å². The van der Waals surface area contributed by atoms with Gasteiger partial charge < -0.3 is 5.73 Å². The number of hydrogen-bond acceptors (Lipinski definition) is 1. The molecule has 2 N–H and O–H groups in total. The van der Waals surface area contributed by atoms with Gasteiger partial charge in [0.2, 0.25) is 0 Å². The van der Waals surface area contributed by atoms with Crippen LogP contribution in [0, 0.1) is 0 Å². The topological polar surface area (TPSA) is 26.0 Å². The molecule has 1 aromatic rings. The number of benzene rings is 1. The van der Waals surface area contributed by atoms with Crippen LogP contribution < -0.4 is 5.73 Å². The first-order valence-electron chi connectivity index (χ1n) is 4.13. The third-order valence-electron chi connectivity index (χ3n) is 1.80. The third kappa shape index (κ3) is 2.05. The zero-order chi connectivity index (χ0) is 8.97. The summed E-state index contributed by atoms with van der Waals surface area (Å²) < 4.78 is 0. The summed E-state index contributed by atoms with van der Waals surface area (Å²) in [4.78, 5) is 0.499. The number of rotatable bonds is 3. The molecule has 0 aromatic heterocycles. The van der Waals surface area contributed by atoms with E-state index in [0.29, 0.717) is 4.99 Å². The second-order valence-electron chi connectivity index (χ2n) is 2.77. The zero-order valence-corrected chi connectivity index (χ0v) is 8.03. The van der Waals surface area contributed by atoms with E-state index in [9.17, 15) is 0 Å². The highest BCUT2D eigenvalue weighted by Gasteiger charge is 2.01. The van der Waals surface area contributed by atoms with Crippen molar-refractivity contribution >= 4 is 17.2 Å². The zero-order valence-electron chi connectivity index (χ0n) is 7.21. The van der Waals surface area contributed by atoms with Crippen LogP contribution in [0.2, 0.25) is 0 Å². The second kappa shape index (κ2) is 4.21. The molecule has 1 aromatic carbocycles. The van der Waals surface area contributed by atoms with E-state index in [1.54, 1.807) is 0 Å². The lowest BCUT2D eigenvalue weighted by Gasteiger charge is -2.05. The highest BCUT2D eigenvalue weighted by atomic mass is 32.1. The van der Waals surface area contributed by atoms with E-state index in [0.717, 1.165) is 18.4 Å². The van der Waals surface area contributed by atoms with Crippen molar-refractivity contribution in [2.24, 2.45) is 5.73 Å². The van der Waals surface area contributed by atoms with Crippen LogP contribution in [0.5, 0.6) is 0 Å². The molecule has 0 amide bonds. The van der Waals surface area contributed by atoms with Gasteiger partial charge in [0.05, 0.1) is 0 Å². The van der Waals surface area contributed by atoms with E-state index in [-0.39, 0.29) is 0 Å². The van der Waals surface area contributed by atoms with Gasteiger partial charge in [0.25, 0.3) is 0 Å². The number of thiocarbonyl (C=S) groups is 1. The Labute approximate surface area is 78.6 Å². The van der Waals surface area contributed by atoms with Gasteiger partial charge in [-0.1, -0.05) is 49.8 Å². The Morgan fingerprint density at radius 1 is 1.42 bits per heavy atom. The van der Waals surface area contributed by atoms with E-state index in [1.807, 2.05) is 18.2 Å². The first kappa shape index (κ1) is 9.20. The highest BCUT2D eigenvalue weighted by molar-refractivity contribution is 7.80. The van der Waals surface area contributed by atoms with E-state index in [2.05, 4.69) is 13.0 Å². The minimum Gasteiger partial charge on any atom is -0.389 e. The molecule has 0 aliphatic carbocycles. The van der Waals surface area contributed by atoms with Crippen LogP contribution in [0.1, 0.15) is 24.5 Å². The Hall–Kier alpha value is -0.890. The van der Waals surface area contributed by atoms with Gasteiger partial charge in [-0.2, -0.15) is 0 Å². The SMILES string of the molecule is CCCc1ccccc1C(N)=S. The lowest BCUT2D eigenvalue weighted by atomic mass is 10.0. The summed E-state index contributed by atoms with van der Waals surface area (Å²) in [6.07, 6.45) is 2.17. The molecule has 12 heavy (non-hydrogen) atoms. The molecule has 0 spiro atoms. The average Bonchev–Trinajstić information content (AvgIpc) is 2.05. The molecule has 0 unspecified atom stereocenters. The van der Waals surface area contributed by atoms with Gasteiger partial charge in [-0.15, -0.1) is 0 Å². The largest absolute Gasteiger partial charge is 0.389 e. The van der Waals surface area contributed by atoms with Gasteiger partial charge in [0.1, 0.15) is 4.99 Å². The van der Waals surface area contributed by atoms with Crippen LogP contribution >= 0.6 is 12.2 Å². The summed E-state index contributed by atoms with van der Waals surface area (Å²) in [5, 5.41) is 0. The van der Waals surface area contributed by atoms with Crippen LogP contribution in [0.3, 0.4) is 0 Å². The lowest BCUT2D eigenvalue weighted by Crippen LogP contribution is -2.11. The van der Waals surface area contributed by atoms with Crippen LogP contribution in [-0.2, 0) is 6.42 Å².